The van der Waals surface area contributed by atoms with Crippen LogP contribution >= 0.6 is 0 Å². The summed E-state index contributed by atoms with van der Waals surface area (Å²) in [6.07, 6.45) is 0.750. The third-order valence-corrected chi connectivity index (χ3v) is 0. The Morgan fingerprint density at radius 3 is 1.75 bits per heavy atom. The Morgan fingerprint density at radius 1 is 1.75 bits per heavy atom. The summed E-state index contributed by atoms with van der Waals surface area (Å²) in [5.41, 5.74) is 0. The second kappa shape index (κ2) is 12.0. The quantitative estimate of drug-likeness (QED) is 0.332. The number of nitriles is 1. The van der Waals surface area contributed by atoms with Crippen LogP contribution in [0.2, 0.25) is 0 Å². The molecule has 0 saturated carbocycles. The van der Waals surface area contributed by atoms with Gasteiger partial charge in [0.15, 0.2) is 0 Å². The van der Waals surface area contributed by atoms with Crippen LogP contribution in [0.4, 0.5) is 0 Å². The van der Waals surface area contributed by atoms with E-state index in [1.807, 2.05) is 0 Å². The van der Waals surface area contributed by atoms with E-state index in [0.717, 1.165) is 6.26 Å². The predicted molar refractivity (Wildman–Crippen MR) is 7.55 cm³/mol. The molecule has 0 aliphatic carbocycles. The zero-order valence-corrected chi connectivity index (χ0v) is 3.46. The van der Waals surface area contributed by atoms with Crippen molar-refractivity contribution in [3.05, 3.63) is 0 Å². The first-order chi connectivity index (χ1) is 1.41. The Bertz CT molecular complexity index is 29.5. The van der Waals surface area contributed by atoms with Gasteiger partial charge in [0.2, 0.25) is 0 Å². The fraction of sp³-hybridized carbons (Fsp3) is 0. The molecule has 0 rings (SSSR count). The van der Waals surface area contributed by atoms with Crippen molar-refractivity contribution in [2.45, 2.75) is 0 Å². The van der Waals surface area contributed by atoms with Gasteiger partial charge in [0, 0.05) is 21.7 Å². The van der Waals surface area contributed by atoms with Crippen LogP contribution in [0.3, 0.4) is 0 Å². The van der Waals surface area contributed by atoms with Gasteiger partial charge < -0.3 is 5.11 Å². The van der Waals surface area contributed by atoms with Crippen LogP contribution in [0.1, 0.15) is 0 Å². The van der Waals surface area contributed by atoms with Gasteiger partial charge in [-0.05, 0) is 0 Å². The van der Waals surface area contributed by atoms with Gasteiger partial charge >= 0.3 is 0 Å². The van der Waals surface area contributed by atoms with E-state index in [0.29, 0.717) is 0 Å². The van der Waals surface area contributed by atoms with E-state index >= 15 is 0 Å². The first-order valence-electron chi connectivity index (χ1n) is 0.447. The zero-order valence-electron chi connectivity index (χ0n) is 1.89. The van der Waals surface area contributed by atoms with E-state index in [-0.39, 0.29) is 21.7 Å². The molecule has 0 aromatic rings. The van der Waals surface area contributed by atoms with Crippen LogP contribution in [0.15, 0.2) is 0 Å². The SMILES string of the molecule is N#CO.[Ti]. The number of nitrogens with zero attached hydrogens (tertiary/aromatic N) is 1. The summed E-state index contributed by atoms with van der Waals surface area (Å²) >= 11 is 0. The third-order valence-electron chi connectivity index (χ3n) is 0. The predicted octanol–water partition coefficient (Wildman–Crippen LogP) is -0.163. The first kappa shape index (κ1) is 9.00. The number of hydrogen-bond donors (Lipinski definition) is 1. The second-order valence-electron chi connectivity index (χ2n) is 0.100. The van der Waals surface area contributed by atoms with E-state index in [1.165, 1.54) is 0 Å². The van der Waals surface area contributed by atoms with Crippen LogP contribution < -0.4 is 0 Å². The summed E-state index contributed by atoms with van der Waals surface area (Å²) in [7, 11) is 0. The van der Waals surface area contributed by atoms with Gasteiger partial charge in [0.25, 0.3) is 6.26 Å². The van der Waals surface area contributed by atoms with E-state index in [9.17, 15) is 0 Å². The number of aliphatic hydroxyl groups excluding tert-OH is 1. The molecule has 0 amide bonds. The summed E-state index contributed by atoms with van der Waals surface area (Å²) in [4.78, 5) is 0. The Balaban J connectivity index is 0. The van der Waals surface area contributed by atoms with Gasteiger partial charge in [-0.15, -0.1) is 0 Å². The average Bonchev–Trinajstić information content (AvgIpc) is 0.918. The zero-order chi connectivity index (χ0) is 2.71. The van der Waals surface area contributed by atoms with E-state index in [2.05, 4.69) is 0 Å². The normalized spacial score (nSPS) is 1.75. The van der Waals surface area contributed by atoms with Crippen LogP contribution in [-0.4, -0.2) is 5.11 Å². The summed E-state index contributed by atoms with van der Waals surface area (Å²) in [6.45, 7) is 0. The molecule has 0 aromatic carbocycles. The minimum absolute atomic E-state index is 0. The maximum absolute atomic E-state index is 6.88. The molecule has 0 saturated heterocycles. The molecule has 4 heavy (non-hydrogen) atoms. The van der Waals surface area contributed by atoms with E-state index in [1.54, 1.807) is 0 Å². The summed E-state index contributed by atoms with van der Waals surface area (Å²) in [6, 6.07) is 0. The summed E-state index contributed by atoms with van der Waals surface area (Å²) < 4.78 is 0. The van der Waals surface area contributed by atoms with E-state index < -0.39 is 0 Å². The molecule has 0 radical (unpaired) electrons. The minimum atomic E-state index is 0. The smallest absolute Gasteiger partial charge is 0.283 e. The summed E-state index contributed by atoms with van der Waals surface area (Å²) in [5.74, 6) is 0. The molecule has 0 fully saturated rings. The molecule has 3 heteroatoms. The van der Waals surface area contributed by atoms with Gasteiger partial charge in [-0.1, -0.05) is 0 Å². The van der Waals surface area contributed by atoms with Crippen molar-refractivity contribution in [1.29, 1.82) is 5.26 Å². The Kier molecular flexibility index (Phi) is 26.9. The van der Waals surface area contributed by atoms with Crippen LogP contribution in [0.25, 0.3) is 0 Å². The molecule has 0 atom stereocenters. The van der Waals surface area contributed by atoms with Crippen molar-refractivity contribution in [2.24, 2.45) is 0 Å². The van der Waals surface area contributed by atoms with Crippen molar-refractivity contribution < 1.29 is 26.8 Å². The molecule has 0 bridgehead atoms. The monoisotopic (exact) mass is 91.0 g/mol. The Hall–Kier alpha value is 0.00429. The molecule has 0 heterocycles. The van der Waals surface area contributed by atoms with Crippen molar-refractivity contribution in [2.75, 3.05) is 0 Å². The maximum Gasteiger partial charge on any atom is 0.283 e. The molecule has 2 nitrogen and oxygen atoms in total. The van der Waals surface area contributed by atoms with Crippen LogP contribution in [0, 0.1) is 11.5 Å². The van der Waals surface area contributed by atoms with Crippen molar-refractivity contribution >= 4 is 0 Å². The van der Waals surface area contributed by atoms with Gasteiger partial charge in [-0.3, -0.25) is 0 Å². The third kappa shape index (κ3) is 110000. The van der Waals surface area contributed by atoms with Crippen molar-refractivity contribution in [3.63, 3.8) is 0 Å². The standard InChI is InChI=1S/CHNO.Ti/c2-1-3;/h3H;. The second-order valence-corrected chi connectivity index (χ2v) is 0.100. The van der Waals surface area contributed by atoms with Crippen LogP contribution in [-0.2, 0) is 21.7 Å². The van der Waals surface area contributed by atoms with Gasteiger partial charge in [0.05, 0.1) is 0 Å². The largest absolute Gasteiger partial charge is 0.443 e. The molecule has 20 valence electrons. The molecular weight excluding hydrogens is 89.9 g/mol. The Labute approximate surface area is 38.9 Å². The molecular formula is CHNOTi. The van der Waals surface area contributed by atoms with Crippen molar-refractivity contribution in [3.8, 4) is 6.26 Å². The average molecular weight is 90.9 g/mol. The summed E-state index contributed by atoms with van der Waals surface area (Å²) in [5, 5.41) is 13.8. The van der Waals surface area contributed by atoms with Crippen molar-refractivity contribution in [1.82, 2.24) is 0 Å². The van der Waals surface area contributed by atoms with Gasteiger partial charge in [0.1, 0.15) is 0 Å². The van der Waals surface area contributed by atoms with Crippen LogP contribution in [0.5, 0.6) is 0 Å². The number of hydrogen-bond acceptors (Lipinski definition) is 2. The van der Waals surface area contributed by atoms with E-state index in [4.69, 9.17) is 10.4 Å². The molecule has 0 aliphatic heterocycles. The number of rotatable bonds is 0. The maximum atomic E-state index is 6.88. The van der Waals surface area contributed by atoms with Gasteiger partial charge in [-0.2, -0.15) is 5.26 Å². The Morgan fingerprint density at radius 2 is 1.75 bits per heavy atom. The topological polar surface area (TPSA) is 44.0 Å². The fourth-order valence-corrected chi connectivity index (χ4v) is 0. The fourth-order valence-electron chi connectivity index (χ4n) is 0. The van der Waals surface area contributed by atoms with Gasteiger partial charge in [-0.25, -0.2) is 0 Å². The molecule has 0 aliphatic rings. The molecule has 0 unspecified atom stereocenters. The minimum Gasteiger partial charge on any atom is -0.443 e. The number of aliphatic hydroxyl groups is 1. The molecule has 1 N–H and O–H groups in total. The first-order valence-corrected chi connectivity index (χ1v) is 0.447. The molecule has 0 spiro atoms. The molecule has 0 aromatic heterocycles.